The first-order chi connectivity index (χ1) is 6.56. The van der Waals surface area contributed by atoms with Crippen LogP contribution < -0.4 is 0 Å². The number of nitrogens with zero attached hydrogens (tertiary/aromatic N) is 3. The zero-order valence-electron chi connectivity index (χ0n) is 8.39. The summed E-state index contributed by atoms with van der Waals surface area (Å²) in [5.41, 5.74) is 0.537. The van der Waals surface area contributed by atoms with E-state index in [4.69, 9.17) is 9.84 Å². The molecule has 1 heterocycles. The molecular formula is C8H13N3O3. The normalized spacial score (nSPS) is 12.8. The topological polar surface area (TPSA) is 77.2 Å². The van der Waals surface area contributed by atoms with Crippen molar-refractivity contribution in [2.45, 2.75) is 26.5 Å². The second-order valence-corrected chi connectivity index (χ2v) is 3.06. The molecule has 1 rings (SSSR count). The van der Waals surface area contributed by atoms with Crippen LogP contribution in [0.2, 0.25) is 0 Å². The van der Waals surface area contributed by atoms with Crippen molar-refractivity contribution >= 4 is 5.97 Å². The maximum atomic E-state index is 10.6. The molecule has 6 nitrogen and oxygen atoms in total. The van der Waals surface area contributed by atoms with Gasteiger partial charge < -0.3 is 9.84 Å². The summed E-state index contributed by atoms with van der Waals surface area (Å²) >= 11 is 0. The second-order valence-electron chi connectivity index (χ2n) is 3.06. The van der Waals surface area contributed by atoms with Crippen LogP contribution in [0.25, 0.3) is 0 Å². The van der Waals surface area contributed by atoms with E-state index >= 15 is 0 Å². The van der Waals surface area contributed by atoms with Crippen molar-refractivity contribution in [1.82, 2.24) is 15.0 Å². The van der Waals surface area contributed by atoms with Crippen LogP contribution in [0, 0.1) is 6.92 Å². The molecule has 1 atom stereocenters. The minimum absolute atomic E-state index is 0.00620. The zero-order chi connectivity index (χ0) is 10.7. The average Bonchev–Trinajstić information content (AvgIpc) is 2.48. The molecule has 0 bridgehead atoms. The highest BCUT2D eigenvalue weighted by Crippen LogP contribution is 2.05. The molecule has 1 aromatic heterocycles. The van der Waals surface area contributed by atoms with E-state index in [-0.39, 0.29) is 11.8 Å². The number of hydrogen-bond donors (Lipinski definition) is 1. The SMILES string of the molecule is COC(C)Cn1nnc(C(=O)O)c1C. The van der Waals surface area contributed by atoms with Gasteiger partial charge in [0, 0.05) is 7.11 Å². The molecule has 78 valence electrons. The van der Waals surface area contributed by atoms with E-state index in [2.05, 4.69) is 10.3 Å². The van der Waals surface area contributed by atoms with Gasteiger partial charge >= 0.3 is 5.97 Å². The Balaban J connectivity index is 2.84. The minimum atomic E-state index is -1.06. The molecule has 0 aliphatic rings. The molecule has 1 unspecified atom stereocenters. The third-order valence-corrected chi connectivity index (χ3v) is 2.02. The quantitative estimate of drug-likeness (QED) is 0.755. The molecule has 14 heavy (non-hydrogen) atoms. The van der Waals surface area contributed by atoms with Crippen LogP contribution in [-0.2, 0) is 11.3 Å². The van der Waals surface area contributed by atoms with E-state index in [9.17, 15) is 4.79 Å². The maximum Gasteiger partial charge on any atom is 0.358 e. The molecule has 0 aliphatic carbocycles. The Bertz CT molecular complexity index is 335. The Kier molecular flexibility index (Phi) is 3.19. The number of carbonyl (C=O) groups is 1. The van der Waals surface area contributed by atoms with Gasteiger partial charge in [0.05, 0.1) is 18.3 Å². The van der Waals surface area contributed by atoms with Crippen LogP contribution >= 0.6 is 0 Å². The number of aromatic nitrogens is 3. The number of carboxylic acids is 1. The highest BCUT2D eigenvalue weighted by atomic mass is 16.5. The first-order valence-corrected chi connectivity index (χ1v) is 4.22. The third-order valence-electron chi connectivity index (χ3n) is 2.02. The van der Waals surface area contributed by atoms with E-state index in [1.807, 2.05) is 6.92 Å². The van der Waals surface area contributed by atoms with Gasteiger partial charge in [-0.05, 0) is 13.8 Å². The van der Waals surface area contributed by atoms with E-state index in [0.29, 0.717) is 12.2 Å². The molecule has 0 aromatic carbocycles. The molecule has 0 amide bonds. The summed E-state index contributed by atoms with van der Waals surface area (Å²) in [4.78, 5) is 10.6. The molecule has 1 aromatic rings. The van der Waals surface area contributed by atoms with Crippen molar-refractivity contribution in [3.8, 4) is 0 Å². The van der Waals surface area contributed by atoms with Crippen LogP contribution in [0.15, 0.2) is 0 Å². The number of methoxy groups -OCH3 is 1. The average molecular weight is 199 g/mol. The van der Waals surface area contributed by atoms with Gasteiger partial charge in [-0.1, -0.05) is 5.21 Å². The lowest BCUT2D eigenvalue weighted by molar-refractivity contribution is 0.0689. The predicted molar refractivity (Wildman–Crippen MR) is 48.2 cm³/mol. The van der Waals surface area contributed by atoms with Crippen LogP contribution in [-0.4, -0.2) is 39.3 Å². The van der Waals surface area contributed by atoms with Gasteiger partial charge in [0.2, 0.25) is 0 Å². The van der Waals surface area contributed by atoms with Crippen molar-refractivity contribution in [1.29, 1.82) is 0 Å². The van der Waals surface area contributed by atoms with Crippen molar-refractivity contribution in [2.75, 3.05) is 7.11 Å². The number of ether oxygens (including phenoxy) is 1. The number of rotatable bonds is 4. The van der Waals surface area contributed by atoms with Gasteiger partial charge in [-0.2, -0.15) is 0 Å². The van der Waals surface area contributed by atoms with E-state index in [0.717, 1.165) is 0 Å². The highest BCUT2D eigenvalue weighted by Gasteiger charge is 2.15. The molecule has 6 heteroatoms. The zero-order valence-corrected chi connectivity index (χ0v) is 8.39. The van der Waals surface area contributed by atoms with Gasteiger partial charge in [0.15, 0.2) is 5.69 Å². The summed E-state index contributed by atoms with van der Waals surface area (Å²) in [6.07, 6.45) is -0.0166. The molecule has 0 radical (unpaired) electrons. The lowest BCUT2D eigenvalue weighted by Gasteiger charge is -2.09. The first kappa shape index (κ1) is 10.6. The maximum absolute atomic E-state index is 10.6. The van der Waals surface area contributed by atoms with Crippen molar-refractivity contribution in [3.63, 3.8) is 0 Å². The lowest BCUT2D eigenvalue weighted by atomic mass is 10.3. The number of hydrogen-bond acceptors (Lipinski definition) is 4. The van der Waals surface area contributed by atoms with Gasteiger partial charge in [-0.3, -0.25) is 0 Å². The minimum Gasteiger partial charge on any atom is -0.476 e. The highest BCUT2D eigenvalue weighted by molar-refractivity contribution is 5.86. The Morgan fingerprint density at radius 2 is 2.36 bits per heavy atom. The smallest absolute Gasteiger partial charge is 0.358 e. The van der Waals surface area contributed by atoms with Crippen molar-refractivity contribution in [3.05, 3.63) is 11.4 Å². The van der Waals surface area contributed by atoms with Gasteiger partial charge in [0.1, 0.15) is 0 Å². The number of aromatic carboxylic acids is 1. The van der Waals surface area contributed by atoms with Gasteiger partial charge in [-0.15, -0.1) is 5.10 Å². The van der Waals surface area contributed by atoms with E-state index in [1.165, 1.54) is 4.68 Å². The van der Waals surface area contributed by atoms with Gasteiger partial charge in [-0.25, -0.2) is 9.48 Å². The van der Waals surface area contributed by atoms with Gasteiger partial charge in [0.25, 0.3) is 0 Å². The molecule has 0 aliphatic heterocycles. The predicted octanol–water partition coefficient (Wildman–Crippen LogP) is 0.320. The van der Waals surface area contributed by atoms with E-state index in [1.54, 1.807) is 14.0 Å². The molecule has 0 saturated carbocycles. The van der Waals surface area contributed by atoms with E-state index < -0.39 is 5.97 Å². The van der Waals surface area contributed by atoms with Crippen LogP contribution in [0.4, 0.5) is 0 Å². The van der Waals surface area contributed by atoms with Crippen molar-refractivity contribution in [2.24, 2.45) is 0 Å². The van der Waals surface area contributed by atoms with Crippen LogP contribution in [0.1, 0.15) is 23.1 Å². The fraction of sp³-hybridized carbons (Fsp3) is 0.625. The standard InChI is InChI=1S/C8H13N3O3/c1-5(14-3)4-11-6(2)7(8(12)13)9-10-11/h5H,4H2,1-3H3,(H,12,13). The van der Waals surface area contributed by atoms with Crippen molar-refractivity contribution < 1.29 is 14.6 Å². The fourth-order valence-corrected chi connectivity index (χ4v) is 1.05. The summed E-state index contributed by atoms with van der Waals surface area (Å²) in [7, 11) is 1.59. The van der Waals surface area contributed by atoms with Crippen LogP contribution in [0.3, 0.4) is 0 Å². The fourth-order valence-electron chi connectivity index (χ4n) is 1.05. The lowest BCUT2D eigenvalue weighted by Crippen LogP contribution is -2.17. The molecule has 0 spiro atoms. The van der Waals surface area contributed by atoms with Crippen LogP contribution in [0.5, 0.6) is 0 Å². The molecule has 1 N–H and O–H groups in total. The Morgan fingerprint density at radius 1 is 1.71 bits per heavy atom. The summed E-state index contributed by atoms with van der Waals surface area (Å²) < 4.78 is 6.57. The molecule has 0 fully saturated rings. The molecule has 0 saturated heterocycles. The second kappa shape index (κ2) is 4.19. The largest absolute Gasteiger partial charge is 0.476 e. The third kappa shape index (κ3) is 2.08. The molecular weight excluding hydrogens is 186 g/mol. The number of carboxylic acid groups (broad SMARTS) is 1. The monoisotopic (exact) mass is 199 g/mol. The summed E-state index contributed by atoms with van der Waals surface area (Å²) in [5, 5.41) is 16.0. The summed E-state index contributed by atoms with van der Waals surface area (Å²) in [6, 6.07) is 0. The summed E-state index contributed by atoms with van der Waals surface area (Å²) in [5.74, 6) is -1.06. The Hall–Kier alpha value is -1.43. The summed E-state index contributed by atoms with van der Waals surface area (Å²) in [6.45, 7) is 4.05. The Labute approximate surface area is 81.5 Å². The Morgan fingerprint density at radius 3 is 2.79 bits per heavy atom. The first-order valence-electron chi connectivity index (χ1n) is 4.22.